The quantitative estimate of drug-likeness (QED) is 0.517. The number of nitrogens with zero attached hydrogens (tertiary/aromatic N) is 2. The summed E-state index contributed by atoms with van der Waals surface area (Å²) in [5, 5.41) is 0. The van der Waals surface area contributed by atoms with Crippen LogP contribution in [0.3, 0.4) is 0 Å². The number of carbonyl (C=O) groups excluding carboxylic acids is 1. The first-order valence-electron chi connectivity index (χ1n) is 8.04. The number of esters is 1. The molecule has 0 saturated heterocycles. The smallest absolute Gasteiger partial charge is 0.309 e. The number of hydrogen-bond acceptors (Lipinski definition) is 3. The minimum atomic E-state index is -0.364. The lowest BCUT2D eigenvalue weighted by molar-refractivity contribution is -0.132. The molecule has 0 aliphatic heterocycles. The van der Waals surface area contributed by atoms with Crippen molar-refractivity contribution in [1.82, 2.24) is 9.38 Å². The second kappa shape index (κ2) is 6.24. The number of aromatic nitrogens is 2. The van der Waals surface area contributed by atoms with Gasteiger partial charge in [-0.3, -0.25) is 9.20 Å². The minimum Gasteiger partial charge on any atom is -0.408 e. The van der Waals surface area contributed by atoms with E-state index < -0.39 is 0 Å². The van der Waals surface area contributed by atoms with E-state index >= 15 is 0 Å². The Bertz CT molecular complexity index is 1040. The molecule has 0 atom stereocenters. The standard InChI is InChI=1S/C21H16N2O2/c1-15(24)25-21-19(16-9-4-2-5-10-16)20(17-11-6-3-7-12-17)22-18-13-8-14-23(18)21/h2-14H,1H3. The monoisotopic (exact) mass is 328 g/mol. The Kier molecular flexibility index (Phi) is 3.78. The Morgan fingerprint density at radius 2 is 1.52 bits per heavy atom. The van der Waals surface area contributed by atoms with Gasteiger partial charge in [-0.1, -0.05) is 60.7 Å². The molecular formula is C21H16N2O2. The molecule has 0 aliphatic rings. The van der Waals surface area contributed by atoms with Gasteiger partial charge >= 0.3 is 5.97 Å². The van der Waals surface area contributed by atoms with Crippen molar-refractivity contribution in [3.63, 3.8) is 0 Å². The molecule has 4 rings (SSSR count). The Labute approximate surface area is 145 Å². The fraction of sp³-hybridized carbons (Fsp3) is 0.0476. The summed E-state index contributed by atoms with van der Waals surface area (Å²) in [6, 6.07) is 23.6. The third-order valence-electron chi connectivity index (χ3n) is 3.97. The lowest BCUT2D eigenvalue weighted by Crippen LogP contribution is -2.09. The van der Waals surface area contributed by atoms with Gasteiger partial charge in [0.1, 0.15) is 5.65 Å². The average molecular weight is 328 g/mol. The van der Waals surface area contributed by atoms with Crippen molar-refractivity contribution in [3.8, 4) is 28.3 Å². The first-order valence-corrected chi connectivity index (χ1v) is 8.04. The summed E-state index contributed by atoms with van der Waals surface area (Å²) in [4.78, 5) is 16.6. The molecule has 2 aromatic heterocycles. The zero-order chi connectivity index (χ0) is 17.2. The molecule has 0 spiro atoms. The van der Waals surface area contributed by atoms with Crippen molar-refractivity contribution in [2.24, 2.45) is 0 Å². The summed E-state index contributed by atoms with van der Waals surface area (Å²) >= 11 is 0. The van der Waals surface area contributed by atoms with Crippen molar-refractivity contribution in [1.29, 1.82) is 0 Å². The summed E-state index contributed by atoms with van der Waals surface area (Å²) in [5.74, 6) is 0.116. The summed E-state index contributed by atoms with van der Waals surface area (Å²) in [6.07, 6.45) is 1.85. The van der Waals surface area contributed by atoms with Gasteiger partial charge in [-0.15, -0.1) is 0 Å². The second-order valence-corrected chi connectivity index (χ2v) is 5.70. The molecule has 25 heavy (non-hydrogen) atoms. The Hall–Kier alpha value is -3.40. The Morgan fingerprint density at radius 3 is 2.16 bits per heavy atom. The van der Waals surface area contributed by atoms with Gasteiger partial charge < -0.3 is 4.74 Å². The van der Waals surface area contributed by atoms with Crippen LogP contribution in [0.4, 0.5) is 0 Å². The van der Waals surface area contributed by atoms with Crippen LogP contribution in [-0.2, 0) is 4.79 Å². The van der Waals surface area contributed by atoms with Gasteiger partial charge in [-0.2, -0.15) is 0 Å². The van der Waals surface area contributed by atoms with E-state index in [1.165, 1.54) is 6.92 Å². The van der Waals surface area contributed by atoms with Crippen molar-refractivity contribution in [3.05, 3.63) is 79.0 Å². The van der Waals surface area contributed by atoms with Crippen LogP contribution in [0.25, 0.3) is 28.0 Å². The van der Waals surface area contributed by atoms with E-state index in [0.29, 0.717) is 5.88 Å². The molecule has 0 radical (unpaired) electrons. The van der Waals surface area contributed by atoms with E-state index in [1.807, 2.05) is 79.0 Å². The molecule has 0 unspecified atom stereocenters. The van der Waals surface area contributed by atoms with Crippen LogP contribution in [0.5, 0.6) is 5.88 Å². The van der Waals surface area contributed by atoms with Gasteiger partial charge in [0.05, 0.1) is 11.3 Å². The Morgan fingerprint density at radius 1 is 0.880 bits per heavy atom. The first-order chi connectivity index (χ1) is 12.2. The number of rotatable bonds is 3. The lowest BCUT2D eigenvalue weighted by atomic mass is 10.00. The molecule has 2 heterocycles. The van der Waals surface area contributed by atoms with E-state index in [2.05, 4.69) is 0 Å². The average Bonchev–Trinajstić information content (AvgIpc) is 3.11. The summed E-state index contributed by atoms with van der Waals surface area (Å²) in [6.45, 7) is 1.41. The van der Waals surface area contributed by atoms with E-state index in [4.69, 9.17) is 9.72 Å². The van der Waals surface area contributed by atoms with Gasteiger partial charge in [0.25, 0.3) is 0 Å². The highest BCUT2D eigenvalue weighted by Crippen LogP contribution is 2.38. The summed E-state index contributed by atoms with van der Waals surface area (Å²) in [7, 11) is 0. The van der Waals surface area contributed by atoms with Crippen LogP contribution in [0.1, 0.15) is 6.92 Å². The number of fused-ring (bicyclic) bond motifs is 1. The van der Waals surface area contributed by atoms with Crippen molar-refractivity contribution in [2.45, 2.75) is 6.92 Å². The van der Waals surface area contributed by atoms with Gasteiger partial charge in [-0.25, -0.2) is 4.98 Å². The summed E-state index contributed by atoms with van der Waals surface area (Å²) in [5.41, 5.74) is 4.23. The number of ether oxygens (including phenoxy) is 1. The van der Waals surface area contributed by atoms with Gasteiger partial charge in [0.15, 0.2) is 0 Å². The maximum Gasteiger partial charge on any atom is 0.309 e. The number of benzene rings is 2. The molecule has 0 bridgehead atoms. The highest BCUT2D eigenvalue weighted by atomic mass is 16.5. The van der Waals surface area contributed by atoms with Crippen LogP contribution in [0, 0.1) is 0 Å². The minimum absolute atomic E-state index is 0.364. The third-order valence-corrected chi connectivity index (χ3v) is 3.97. The van der Waals surface area contributed by atoms with Gasteiger partial charge in [0.2, 0.25) is 5.88 Å². The third kappa shape index (κ3) is 2.78. The zero-order valence-corrected chi connectivity index (χ0v) is 13.7. The van der Waals surface area contributed by atoms with E-state index in [0.717, 1.165) is 28.0 Å². The Balaban J connectivity index is 2.11. The van der Waals surface area contributed by atoms with Crippen LogP contribution < -0.4 is 4.74 Å². The molecule has 0 N–H and O–H groups in total. The SMILES string of the molecule is CC(=O)Oc1c(-c2ccccc2)c(-c2ccccc2)nc2cccn12. The van der Waals surface area contributed by atoms with Crippen LogP contribution >= 0.6 is 0 Å². The van der Waals surface area contributed by atoms with Crippen LogP contribution in [0.15, 0.2) is 79.0 Å². The predicted octanol–water partition coefficient (Wildman–Crippen LogP) is 4.59. The second-order valence-electron chi connectivity index (χ2n) is 5.70. The van der Waals surface area contributed by atoms with E-state index in [9.17, 15) is 4.79 Å². The topological polar surface area (TPSA) is 43.6 Å². The highest BCUT2D eigenvalue weighted by Gasteiger charge is 2.20. The van der Waals surface area contributed by atoms with Crippen molar-refractivity contribution < 1.29 is 9.53 Å². The molecule has 4 heteroatoms. The van der Waals surface area contributed by atoms with Gasteiger partial charge in [0, 0.05) is 18.7 Å². The largest absolute Gasteiger partial charge is 0.408 e. The molecule has 0 aliphatic carbocycles. The molecule has 0 saturated carbocycles. The number of carbonyl (C=O) groups is 1. The lowest BCUT2D eigenvalue weighted by Gasteiger charge is -2.16. The summed E-state index contributed by atoms with van der Waals surface area (Å²) < 4.78 is 7.42. The molecule has 2 aromatic carbocycles. The zero-order valence-electron chi connectivity index (χ0n) is 13.7. The molecule has 0 amide bonds. The van der Waals surface area contributed by atoms with E-state index in [-0.39, 0.29) is 5.97 Å². The normalized spacial score (nSPS) is 10.8. The maximum atomic E-state index is 11.8. The molecule has 122 valence electrons. The fourth-order valence-electron chi connectivity index (χ4n) is 2.93. The maximum absolute atomic E-state index is 11.8. The van der Waals surface area contributed by atoms with Crippen LogP contribution in [0.2, 0.25) is 0 Å². The molecule has 0 fully saturated rings. The van der Waals surface area contributed by atoms with Gasteiger partial charge in [-0.05, 0) is 17.7 Å². The molecular weight excluding hydrogens is 312 g/mol. The van der Waals surface area contributed by atoms with Crippen molar-refractivity contribution in [2.75, 3.05) is 0 Å². The highest BCUT2D eigenvalue weighted by molar-refractivity contribution is 5.87. The number of hydrogen-bond donors (Lipinski definition) is 0. The predicted molar refractivity (Wildman–Crippen MR) is 97.4 cm³/mol. The van der Waals surface area contributed by atoms with E-state index in [1.54, 1.807) is 4.40 Å². The first kappa shape index (κ1) is 15.1. The fourth-order valence-corrected chi connectivity index (χ4v) is 2.93. The molecule has 4 nitrogen and oxygen atoms in total. The molecule has 4 aromatic rings. The van der Waals surface area contributed by atoms with Crippen molar-refractivity contribution >= 4 is 11.6 Å². The van der Waals surface area contributed by atoms with Crippen LogP contribution in [-0.4, -0.2) is 15.4 Å².